The van der Waals surface area contributed by atoms with E-state index in [1.54, 1.807) is 30.3 Å². The summed E-state index contributed by atoms with van der Waals surface area (Å²) in [5.41, 5.74) is 0.222. The fraction of sp³-hybridized carbons (Fsp3) is 0.172. The van der Waals surface area contributed by atoms with Gasteiger partial charge in [0.05, 0.1) is 22.2 Å². The predicted octanol–water partition coefficient (Wildman–Crippen LogP) is 5.36. The number of thiazole rings is 1. The maximum Gasteiger partial charge on any atom is 0.416 e. The summed E-state index contributed by atoms with van der Waals surface area (Å²) in [6, 6.07) is 21.9. The lowest BCUT2D eigenvalue weighted by atomic mass is 9.83. The summed E-state index contributed by atoms with van der Waals surface area (Å²) >= 11 is 1.97. The summed E-state index contributed by atoms with van der Waals surface area (Å²) in [5, 5.41) is 1.98. The second-order valence-corrected chi connectivity index (χ2v) is 11.7. The molecule has 0 bridgehead atoms. The molecule has 2 unspecified atom stereocenters. The Labute approximate surface area is 239 Å². The zero-order valence-corrected chi connectivity index (χ0v) is 22.6. The molecule has 3 amide bonds. The van der Waals surface area contributed by atoms with Crippen LogP contribution >= 0.6 is 23.1 Å². The Morgan fingerprint density at radius 1 is 0.878 bits per heavy atom. The van der Waals surface area contributed by atoms with Crippen molar-refractivity contribution in [2.24, 2.45) is 5.92 Å². The van der Waals surface area contributed by atoms with Crippen LogP contribution < -0.4 is 15.1 Å². The van der Waals surface area contributed by atoms with Crippen LogP contribution in [0.2, 0.25) is 0 Å². The molecule has 3 aromatic carbocycles. The third kappa shape index (κ3) is 4.87. The zero-order valence-electron chi connectivity index (χ0n) is 21.0. The summed E-state index contributed by atoms with van der Waals surface area (Å²) in [4.78, 5) is 54.8. The fourth-order valence-electron chi connectivity index (χ4n) is 5.22. The number of thioether (sulfide) groups is 1. The Kier molecular flexibility index (Phi) is 6.82. The number of hydrogen-bond acceptors (Lipinski definition) is 6. The SMILES string of the molecule is O=C(Cn1c2c(sc1=O)[C@H](c1ccccc1)C1C(=O)N(c3ccccc3)C(=O)C1S2)Nc1cccc(C(F)(F)F)c1. The van der Waals surface area contributed by atoms with E-state index in [1.807, 2.05) is 30.3 Å². The van der Waals surface area contributed by atoms with Crippen LogP contribution in [0.15, 0.2) is 94.7 Å². The number of rotatable bonds is 5. The highest BCUT2D eigenvalue weighted by atomic mass is 32.2. The van der Waals surface area contributed by atoms with Crippen LogP contribution in [0.3, 0.4) is 0 Å². The highest BCUT2D eigenvalue weighted by Crippen LogP contribution is 2.53. The molecule has 3 heterocycles. The minimum absolute atomic E-state index is 0.0630. The van der Waals surface area contributed by atoms with Crippen molar-refractivity contribution in [3.63, 3.8) is 0 Å². The number of para-hydroxylation sites is 1. The van der Waals surface area contributed by atoms with Gasteiger partial charge in [0, 0.05) is 16.5 Å². The Morgan fingerprint density at radius 2 is 1.56 bits per heavy atom. The van der Waals surface area contributed by atoms with Crippen LogP contribution in [-0.4, -0.2) is 27.5 Å². The molecule has 208 valence electrons. The predicted molar refractivity (Wildman–Crippen MR) is 149 cm³/mol. The van der Waals surface area contributed by atoms with Gasteiger partial charge in [-0.2, -0.15) is 13.2 Å². The highest BCUT2D eigenvalue weighted by molar-refractivity contribution is 8.00. The number of carbonyl (C=O) groups is 3. The van der Waals surface area contributed by atoms with E-state index in [9.17, 15) is 32.3 Å². The van der Waals surface area contributed by atoms with Crippen molar-refractivity contribution in [1.29, 1.82) is 0 Å². The van der Waals surface area contributed by atoms with Crippen molar-refractivity contribution in [2.45, 2.75) is 28.9 Å². The largest absolute Gasteiger partial charge is 0.416 e. The van der Waals surface area contributed by atoms with Gasteiger partial charge in [0.2, 0.25) is 17.7 Å². The maximum absolute atomic E-state index is 13.8. The summed E-state index contributed by atoms with van der Waals surface area (Å²) < 4.78 is 40.6. The third-order valence-electron chi connectivity index (χ3n) is 7.00. The molecule has 0 aliphatic carbocycles. The minimum atomic E-state index is -4.58. The second-order valence-electron chi connectivity index (χ2n) is 9.55. The van der Waals surface area contributed by atoms with Gasteiger partial charge in [-0.15, -0.1) is 0 Å². The highest BCUT2D eigenvalue weighted by Gasteiger charge is 2.56. The Balaban J connectivity index is 1.36. The minimum Gasteiger partial charge on any atom is -0.325 e. The molecule has 1 saturated heterocycles. The molecule has 2 aliphatic heterocycles. The van der Waals surface area contributed by atoms with E-state index in [4.69, 9.17) is 0 Å². The number of nitrogens with zero attached hydrogens (tertiary/aromatic N) is 2. The molecule has 6 rings (SSSR count). The number of amides is 3. The first-order valence-corrected chi connectivity index (χ1v) is 14.2. The molecule has 1 N–H and O–H groups in total. The molecule has 7 nitrogen and oxygen atoms in total. The van der Waals surface area contributed by atoms with E-state index in [1.165, 1.54) is 21.6 Å². The second kappa shape index (κ2) is 10.3. The van der Waals surface area contributed by atoms with E-state index in [2.05, 4.69) is 5.32 Å². The summed E-state index contributed by atoms with van der Waals surface area (Å²) in [6.45, 7) is -0.475. The molecular weight excluding hydrogens is 575 g/mol. The van der Waals surface area contributed by atoms with Crippen molar-refractivity contribution in [3.05, 3.63) is 111 Å². The van der Waals surface area contributed by atoms with Gasteiger partial charge in [-0.25, -0.2) is 4.90 Å². The number of fused-ring (bicyclic) bond motifs is 2. The first-order chi connectivity index (χ1) is 19.6. The van der Waals surface area contributed by atoms with Crippen LogP contribution in [0.25, 0.3) is 0 Å². The van der Waals surface area contributed by atoms with Crippen molar-refractivity contribution in [3.8, 4) is 0 Å². The van der Waals surface area contributed by atoms with Gasteiger partial charge < -0.3 is 5.32 Å². The van der Waals surface area contributed by atoms with E-state index >= 15 is 0 Å². The van der Waals surface area contributed by atoms with Gasteiger partial charge in [-0.1, -0.05) is 77.7 Å². The molecule has 4 aromatic rings. The summed E-state index contributed by atoms with van der Waals surface area (Å²) in [7, 11) is 0. The third-order valence-corrected chi connectivity index (χ3v) is 9.60. The van der Waals surface area contributed by atoms with Crippen molar-refractivity contribution in [1.82, 2.24) is 4.57 Å². The number of halogens is 3. The molecule has 2 aliphatic rings. The number of imide groups is 1. The fourth-order valence-corrected chi connectivity index (χ4v) is 8.00. The summed E-state index contributed by atoms with van der Waals surface area (Å²) in [6.07, 6.45) is -4.58. The monoisotopic (exact) mass is 595 g/mol. The van der Waals surface area contributed by atoms with Crippen molar-refractivity contribution >= 4 is 52.2 Å². The number of hydrogen-bond donors (Lipinski definition) is 1. The molecule has 0 spiro atoms. The smallest absolute Gasteiger partial charge is 0.325 e. The van der Waals surface area contributed by atoms with Gasteiger partial charge in [0.15, 0.2) is 0 Å². The number of carbonyl (C=O) groups excluding carboxylic acids is 3. The van der Waals surface area contributed by atoms with E-state index < -0.39 is 52.1 Å². The standard InChI is InChI=1S/C29H20F3N3O4S2/c30-29(31,32)17-10-7-11-18(14-17)33-20(36)15-34-27-24(41-28(34)39)21(16-8-3-1-4-9-16)22-23(40-27)26(38)35(25(22)37)19-12-5-2-6-13-19/h1-14,21-23H,15H2,(H,33,36)/t21-,22?,23?/m1/s1. The number of anilines is 2. The molecule has 3 atom stereocenters. The average molecular weight is 596 g/mol. The van der Waals surface area contributed by atoms with Gasteiger partial charge in [0.25, 0.3) is 0 Å². The Morgan fingerprint density at radius 3 is 2.24 bits per heavy atom. The van der Waals surface area contributed by atoms with Crippen molar-refractivity contribution in [2.75, 3.05) is 10.2 Å². The van der Waals surface area contributed by atoms with Gasteiger partial charge in [0.1, 0.15) is 11.8 Å². The first-order valence-electron chi connectivity index (χ1n) is 12.5. The number of nitrogens with one attached hydrogen (secondary N) is 1. The first kappa shape index (κ1) is 27.0. The zero-order chi connectivity index (χ0) is 28.9. The van der Waals surface area contributed by atoms with E-state index in [0.29, 0.717) is 15.6 Å². The molecule has 12 heteroatoms. The lowest BCUT2D eigenvalue weighted by Gasteiger charge is -2.30. The molecule has 0 radical (unpaired) electrons. The quantitative estimate of drug-likeness (QED) is 0.314. The van der Waals surface area contributed by atoms with E-state index in [-0.39, 0.29) is 11.6 Å². The Bertz CT molecular complexity index is 1720. The summed E-state index contributed by atoms with van der Waals surface area (Å²) in [5.74, 6) is -2.86. The van der Waals surface area contributed by atoms with Crippen LogP contribution in [0.5, 0.6) is 0 Å². The molecular formula is C29H20F3N3O4S2. The van der Waals surface area contributed by atoms with Crippen LogP contribution in [0.4, 0.5) is 24.5 Å². The van der Waals surface area contributed by atoms with Gasteiger partial charge in [-0.05, 0) is 35.9 Å². The number of benzene rings is 3. The maximum atomic E-state index is 13.8. The topological polar surface area (TPSA) is 88.5 Å². The van der Waals surface area contributed by atoms with Crippen LogP contribution in [0, 0.1) is 5.92 Å². The lowest BCUT2D eigenvalue weighted by Crippen LogP contribution is -2.33. The lowest BCUT2D eigenvalue weighted by molar-refractivity contribution is -0.137. The van der Waals surface area contributed by atoms with E-state index in [0.717, 1.165) is 40.8 Å². The molecule has 1 aromatic heterocycles. The van der Waals surface area contributed by atoms with Crippen LogP contribution in [-0.2, 0) is 27.1 Å². The Hall–Kier alpha value is -4.16. The number of alkyl halides is 3. The molecule has 0 saturated carbocycles. The van der Waals surface area contributed by atoms with Crippen molar-refractivity contribution < 1.29 is 27.6 Å². The van der Waals surface area contributed by atoms with Gasteiger partial charge in [-0.3, -0.25) is 23.7 Å². The van der Waals surface area contributed by atoms with Crippen LogP contribution in [0.1, 0.15) is 21.9 Å². The normalized spacial score (nSPS) is 20.1. The van der Waals surface area contributed by atoms with Gasteiger partial charge >= 0.3 is 11.0 Å². The molecule has 41 heavy (non-hydrogen) atoms. The number of aromatic nitrogens is 1. The molecule has 1 fully saturated rings. The average Bonchev–Trinajstić information content (AvgIpc) is 3.39.